The Morgan fingerprint density at radius 2 is 1.83 bits per heavy atom. The van der Waals surface area contributed by atoms with Crippen LogP contribution in [-0.2, 0) is 6.54 Å². The topological polar surface area (TPSA) is 50.6 Å². The second-order valence-electron chi connectivity index (χ2n) is 5.91. The van der Waals surface area contributed by atoms with Gasteiger partial charge in [0.25, 0.3) is 5.91 Å². The van der Waals surface area contributed by atoms with Gasteiger partial charge in [-0.2, -0.15) is 5.10 Å². The molecule has 4 rings (SSSR count). The largest absolute Gasteiger partial charge is 0.478 e. The number of carbonyl (C=O) groups excluding carboxylic acids is 1. The number of rotatable bonds is 2. The first kappa shape index (κ1) is 14.1. The van der Waals surface area contributed by atoms with E-state index in [1.165, 1.54) is 5.69 Å². The van der Waals surface area contributed by atoms with E-state index in [2.05, 4.69) is 22.1 Å². The van der Waals surface area contributed by atoms with Crippen LogP contribution in [0.3, 0.4) is 0 Å². The molecule has 0 aliphatic carbocycles. The van der Waals surface area contributed by atoms with E-state index >= 15 is 0 Å². The second-order valence-corrected chi connectivity index (χ2v) is 5.91. The molecule has 1 saturated heterocycles. The standard InChI is InChI=1S/C17H20N4O2/c22-17(15-13-16-21(18-15)7-4-12-23-16)20-10-8-19(9-11-20)14-5-2-1-3-6-14/h1-3,5-6,13H,4,7-12H2. The lowest BCUT2D eigenvalue weighted by Gasteiger charge is -2.35. The van der Waals surface area contributed by atoms with E-state index in [1.807, 2.05) is 23.1 Å². The van der Waals surface area contributed by atoms with E-state index < -0.39 is 0 Å². The molecular formula is C17H20N4O2. The third kappa shape index (κ3) is 2.76. The Kier molecular flexibility index (Phi) is 3.65. The van der Waals surface area contributed by atoms with Crippen LogP contribution in [0, 0.1) is 0 Å². The van der Waals surface area contributed by atoms with E-state index in [0.29, 0.717) is 18.2 Å². The van der Waals surface area contributed by atoms with Crippen LogP contribution in [0.1, 0.15) is 16.9 Å². The molecule has 0 radical (unpaired) electrons. The van der Waals surface area contributed by atoms with Crippen LogP contribution < -0.4 is 9.64 Å². The van der Waals surface area contributed by atoms with Crippen molar-refractivity contribution in [3.63, 3.8) is 0 Å². The van der Waals surface area contributed by atoms with Crippen molar-refractivity contribution in [3.05, 3.63) is 42.1 Å². The Labute approximate surface area is 135 Å². The highest BCUT2D eigenvalue weighted by atomic mass is 16.5. The summed E-state index contributed by atoms with van der Waals surface area (Å²) in [6, 6.07) is 12.1. The smallest absolute Gasteiger partial charge is 0.274 e. The first-order chi connectivity index (χ1) is 11.3. The van der Waals surface area contributed by atoms with Crippen molar-refractivity contribution in [1.82, 2.24) is 14.7 Å². The van der Waals surface area contributed by atoms with E-state index in [0.717, 1.165) is 39.1 Å². The Morgan fingerprint density at radius 3 is 2.57 bits per heavy atom. The van der Waals surface area contributed by atoms with Gasteiger partial charge in [-0.1, -0.05) is 18.2 Å². The van der Waals surface area contributed by atoms with Crippen LogP contribution in [0.4, 0.5) is 5.69 Å². The number of amides is 1. The van der Waals surface area contributed by atoms with Crippen molar-refractivity contribution < 1.29 is 9.53 Å². The fourth-order valence-corrected chi connectivity index (χ4v) is 3.14. The normalized spacial score (nSPS) is 17.6. The molecule has 0 unspecified atom stereocenters. The molecule has 0 spiro atoms. The first-order valence-electron chi connectivity index (χ1n) is 8.11. The number of anilines is 1. The molecule has 23 heavy (non-hydrogen) atoms. The summed E-state index contributed by atoms with van der Waals surface area (Å²) in [7, 11) is 0. The summed E-state index contributed by atoms with van der Waals surface area (Å²) in [5, 5.41) is 4.39. The molecule has 0 N–H and O–H groups in total. The van der Waals surface area contributed by atoms with Crippen LogP contribution in [0.15, 0.2) is 36.4 Å². The van der Waals surface area contributed by atoms with Gasteiger partial charge in [-0.15, -0.1) is 0 Å². The fraction of sp³-hybridized carbons (Fsp3) is 0.412. The fourth-order valence-electron chi connectivity index (χ4n) is 3.14. The first-order valence-corrected chi connectivity index (χ1v) is 8.11. The molecule has 6 heteroatoms. The van der Waals surface area contributed by atoms with Crippen LogP contribution in [0.25, 0.3) is 0 Å². The number of benzene rings is 1. The summed E-state index contributed by atoms with van der Waals surface area (Å²) in [5.74, 6) is 0.714. The molecule has 1 amide bonds. The van der Waals surface area contributed by atoms with Gasteiger partial charge in [-0.05, 0) is 12.1 Å². The zero-order valence-corrected chi connectivity index (χ0v) is 13.0. The number of carbonyl (C=O) groups is 1. The van der Waals surface area contributed by atoms with Gasteiger partial charge in [0, 0.05) is 50.9 Å². The summed E-state index contributed by atoms with van der Waals surface area (Å²) in [6.07, 6.45) is 0.943. The molecule has 0 atom stereocenters. The summed E-state index contributed by atoms with van der Waals surface area (Å²) in [6.45, 7) is 4.66. The molecule has 6 nitrogen and oxygen atoms in total. The van der Waals surface area contributed by atoms with E-state index in [1.54, 1.807) is 10.7 Å². The maximum Gasteiger partial charge on any atom is 0.274 e. The Balaban J connectivity index is 1.42. The molecule has 0 saturated carbocycles. The number of piperazine rings is 1. The number of aromatic nitrogens is 2. The molecule has 1 aromatic carbocycles. The monoisotopic (exact) mass is 312 g/mol. The number of para-hydroxylation sites is 1. The third-order valence-electron chi connectivity index (χ3n) is 4.41. The minimum Gasteiger partial charge on any atom is -0.478 e. The Hall–Kier alpha value is -2.50. The van der Waals surface area contributed by atoms with Crippen LogP contribution in [0.5, 0.6) is 5.88 Å². The van der Waals surface area contributed by atoms with Gasteiger partial charge in [0.2, 0.25) is 5.88 Å². The zero-order valence-electron chi connectivity index (χ0n) is 13.0. The number of aryl methyl sites for hydroxylation is 1. The van der Waals surface area contributed by atoms with E-state index in [-0.39, 0.29) is 5.91 Å². The number of hydrogen-bond donors (Lipinski definition) is 0. The highest BCUT2D eigenvalue weighted by Crippen LogP contribution is 2.21. The molecular weight excluding hydrogens is 292 g/mol. The van der Waals surface area contributed by atoms with Crippen molar-refractivity contribution >= 4 is 11.6 Å². The SMILES string of the molecule is O=C(c1cc2n(n1)CCCO2)N1CCN(c2ccccc2)CC1. The predicted molar refractivity (Wildman–Crippen MR) is 86.9 cm³/mol. The molecule has 2 aliphatic heterocycles. The summed E-state index contributed by atoms with van der Waals surface area (Å²) in [5.41, 5.74) is 1.71. The number of hydrogen-bond acceptors (Lipinski definition) is 4. The highest BCUT2D eigenvalue weighted by Gasteiger charge is 2.25. The van der Waals surface area contributed by atoms with Crippen molar-refractivity contribution in [2.45, 2.75) is 13.0 Å². The van der Waals surface area contributed by atoms with Gasteiger partial charge in [0.05, 0.1) is 6.61 Å². The molecule has 3 heterocycles. The summed E-state index contributed by atoms with van der Waals surface area (Å²) in [4.78, 5) is 16.8. The van der Waals surface area contributed by atoms with Gasteiger partial charge in [0.1, 0.15) is 0 Å². The number of ether oxygens (including phenoxy) is 1. The summed E-state index contributed by atoms with van der Waals surface area (Å²) >= 11 is 0. The van der Waals surface area contributed by atoms with E-state index in [9.17, 15) is 4.79 Å². The highest BCUT2D eigenvalue weighted by molar-refractivity contribution is 5.92. The Morgan fingerprint density at radius 1 is 1.04 bits per heavy atom. The van der Waals surface area contributed by atoms with Gasteiger partial charge in [-0.3, -0.25) is 4.79 Å². The molecule has 2 aliphatic rings. The lowest BCUT2D eigenvalue weighted by molar-refractivity contribution is 0.0740. The van der Waals surface area contributed by atoms with Crippen molar-refractivity contribution in [3.8, 4) is 5.88 Å². The van der Waals surface area contributed by atoms with Gasteiger partial charge in [-0.25, -0.2) is 4.68 Å². The summed E-state index contributed by atoms with van der Waals surface area (Å²) < 4.78 is 7.33. The maximum atomic E-state index is 12.6. The average Bonchev–Trinajstić information content (AvgIpc) is 3.06. The number of nitrogens with zero attached hydrogens (tertiary/aromatic N) is 4. The zero-order chi connectivity index (χ0) is 15.6. The predicted octanol–water partition coefficient (Wildman–Crippen LogP) is 1.63. The minimum atomic E-state index is 0.00297. The molecule has 1 aromatic heterocycles. The lowest BCUT2D eigenvalue weighted by Crippen LogP contribution is -2.48. The van der Waals surface area contributed by atoms with Crippen LogP contribution >= 0.6 is 0 Å². The minimum absolute atomic E-state index is 0.00297. The van der Waals surface area contributed by atoms with Gasteiger partial charge >= 0.3 is 0 Å². The van der Waals surface area contributed by atoms with Crippen LogP contribution in [-0.4, -0.2) is 53.4 Å². The number of fused-ring (bicyclic) bond motifs is 1. The Bertz CT molecular complexity index is 666. The van der Waals surface area contributed by atoms with Crippen molar-refractivity contribution in [2.75, 3.05) is 37.7 Å². The average molecular weight is 312 g/mol. The van der Waals surface area contributed by atoms with E-state index in [4.69, 9.17) is 4.74 Å². The van der Waals surface area contributed by atoms with Crippen molar-refractivity contribution in [2.24, 2.45) is 0 Å². The quantitative estimate of drug-likeness (QED) is 0.846. The van der Waals surface area contributed by atoms with Gasteiger partial charge < -0.3 is 14.5 Å². The third-order valence-corrected chi connectivity index (χ3v) is 4.41. The second kappa shape index (κ2) is 5.95. The molecule has 0 bridgehead atoms. The van der Waals surface area contributed by atoms with Crippen LogP contribution in [0.2, 0.25) is 0 Å². The molecule has 1 fully saturated rings. The maximum absolute atomic E-state index is 12.6. The van der Waals surface area contributed by atoms with Crippen molar-refractivity contribution in [1.29, 1.82) is 0 Å². The molecule has 2 aromatic rings. The lowest BCUT2D eigenvalue weighted by atomic mass is 10.2. The molecule has 120 valence electrons. The van der Waals surface area contributed by atoms with Gasteiger partial charge in [0.15, 0.2) is 5.69 Å².